The molecule has 0 spiro atoms. The second kappa shape index (κ2) is 3.83. The number of anilines is 1. The molecule has 1 saturated carbocycles. The van der Waals surface area contributed by atoms with Crippen molar-refractivity contribution >= 4 is 6.01 Å². The van der Waals surface area contributed by atoms with Gasteiger partial charge in [-0.05, 0) is 31.6 Å². The van der Waals surface area contributed by atoms with Crippen LogP contribution in [-0.4, -0.2) is 16.2 Å². The lowest BCUT2D eigenvalue weighted by Gasteiger charge is -2.35. The first-order chi connectivity index (χ1) is 7.05. The average molecular weight is 209 g/mol. The van der Waals surface area contributed by atoms with E-state index in [2.05, 4.69) is 29.3 Å². The fraction of sp³-hybridized carbons (Fsp3) is 0.818. The number of rotatable bonds is 2. The van der Waals surface area contributed by atoms with Gasteiger partial charge < -0.3 is 9.84 Å². The van der Waals surface area contributed by atoms with Crippen LogP contribution in [0.4, 0.5) is 6.01 Å². The van der Waals surface area contributed by atoms with Crippen LogP contribution in [0.15, 0.2) is 4.52 Å². The van der Waals surface area contributed by atoms with Gasteiger partial charge in [0.15, 0.2) is 5.82 Å². The Kier molecular flexibility index (Phi) is 2.67. The van der Waals surface area contributed by atoms with Crippen molar-refractivity contribution in [3.63, 3.8) is 0 Å². The van der Waals surface area contributed by atoms with E-state index < -0.39 is 0 Å². The molecule has 4 heteroatoms. The second-order valence-electron chi connectivity index (χ2n) is 5.25. The van der Waals surface area contributed by atoms with E-state index in [1.54, 1.807) is 0 Å². The lowest BCUT2D eigenvalue weighted by atomic mass is 9.75. The molecule has 84 valence electrons. The molecule has 1 fully saturated rings. The molecule has 1 N–H and O–H groups in total. The molecule has 0 amide bonds. The van der Waals surface area contributed by atoms with Crippen LogP contribution in [0.25, 0.3) is 0 Å². The monoisotopic (exact) mass is 209 g/mol. The topological polar surface area (TPSA) is 51.0 Å². The Morgan fingerprint density at radius 2 is 2.27 bits per heavy atom. The van der Waals surface area contributed by atoms with E-state index in [9.17, 15) is 0 Å². The van der Waals surface area contributed by atoms with Crippen molar-refractivity contribution in [3.05, 3.63) is 5.82 Å². The van der Waals surface area contributed by atoms with Crippen LogP contribution < -0.4 is 5.32 Å². The quantitative estimate of drug-likeness (QED) is 0.813. The molecule has 2 rings (SSSR count). The number of hydrogen-bond donors (Lipinski definition) is 1. The maximum absolute atomic E-state index is 5.06. The molecule has 1 aromatic heterocycles. The van der Waals surface area contributed by atoms with Gasteiger partial charge in [0.25, 0.3) is 0 Å². The SMILES string of the molecule is Cc1noc(NC2CCCC(C)(C)C2)n1. The highest BCUT2D eigenvalue weighted by Crippen LogP contribution is 2.36. The Bertz CT molecular complexity index is 332. The predicted molar refractivity (Wildman–Crippen MR) is 58.7 cm³/mol. The highest BCUT2D eigenvalue weighted by Gasteiger charge is 2.28. The van der Waals surface area contributed by atoms with Gasteiger partial charge in [-0.2, -0.15) is 4.98 Å². The molecular weight excluding hydrogens is 190 g/mol. The van der Waals surface area contributed by atoms with Gasteiger partial charge in [-0.25, -0.2) is 0 Å². The summed E-state index contributed by atoms with van der Waals surface area (Å²) in [6, 6.07) is 1.05. The third-order valence-corrected chi connectivity index (χ3v) is 3.06. The maximum Gasteiger partial charge on any atom is 0.321 e. The van der Waals surface area contributed by atoms with E-state index >= 15 is 0 Å². The smallest absolute Gasteiger partial charge is 0.321 e. The minimum Gasteiger partial charge on any atom is -0.335 e. The van der Waals surface area contributed by atoms with E-state index in [1.165, 1.54) is 25.7 Å². The normalized spacial score (nSPS) is 25.1. The number of aryl methyl sites for hydroxylation is 1. The molecular formula is C11H19N3O. The third-order valence-electron chi connectivity index (χ3n) is 3.06. The van der Waals surface area contributed by atoms with Crippen LogP contribution in [0, 0.1) is 12.3 Å². The summed E-state index contributed by atoms with van der Waals surface area (Å²) in [5.74, 6) is 0.688. The third kappa shape index (κ3) is 2.70. The molecule has 0 bridgehead atoms. The van der Waals surface area contributed by atoms with Crippen molar-refractivity contribution in [1.82, 2.24) is 10.1 Å². The van der Waals surface area contributed by atoms with Crippen molar-refractivity contribution < 1.29 is 4.52 Å². The fourth-order valence-electron chi connectivity index (χ4n) is 2.35. The molecule has 4 nitrogen and oxygen atoms in total. The van der Waals surface area contributed by atoms with Crippen LogP contribution in [-0.2, 0) is 0 Å². The van der Waals surface area contributed by atoms with Gasteiger partial charge >= 0.3 is 6.01 Å². The summed E-state index contributed by atoms with van der Waals surface area (Å²) in [5, 5.41) is 7.09. The highest BCUT2D eigenvalue weighted by molar-refractivity contribution is 5.20. The summed E-state index contributed by atoms with van der Waals surface area (Å²) in [5.41, 5.74) is 0.435. The Morgan fingerprint density at radius 1 is 1.47 bits per heavy atom. The minimum atomic E-state index is 0.435. The van der Waals surface area contributed by atoms with Crippen molar-refractivity contribution in [2.75, 3.05) is 5.32 Å². The zero-order valence-electron chi connectivity index (χ0n) is 9.71. The predicted octanol–water partition coefficient (Wildman–Crippen LogP) is 2.76. The highest BCUT2D eigenvalue weighted by atomic mass is 16.5. The lowest BCUT2D eigenvalue weighted by Crippen LogP contribution is -2.31. The van der Waals surface area contributed by atoms with Crippen molar-refractivity contribution in [3.8, 4) is 0 Å². The summed E-state index contributed by atoms with van der Waals surface area (Å²) in [7, 11) is 0. The van der Waals surface area contributed by atoms with Crippen molar-refractivity contribution in [1.29, 1.82) is 0 Å². The first-order valence-electron chi connectivity index (χ1n) is 5.62. The molecule has 0 saturated heterocycles. The van der Waals surface area contributed by atoms with Gasteiger partial charge in [0, 0.05) is 6.04 Å². The van der Waals surface area contributed by atoms with Crippen LogP contribution in [0.3, 0.4) is 0 Å². The number of hydrogen-bond acceptors (Lipinski definition) is 4. The summed E-state index contributed by atoms with van der Waals surface area (Å²) in [6.45, 7) is 6.47. The zero-order valence-corrected chi connectivity index (χ0v) is 9.71. The molecule has 1 aromatic rings. The molecule has 1 aliphatic rings. The van der Waals surface area contributed by atoms with E-state index in [0.717, 1.165) is 0 Å². The Morgan fingerprint density at radius 3 is 2.87 bits per heavy atom. The van der Waals surface area contributed by atoms with E-state index in [4.69, 9.17) is 4.52 Å². The van der Waals surface area contributed by atoms with E-state index in [1.807, 2.05) is 6.92 Å². The molecule has 15 heavy (non-hydrogen) atoms. The number of nitrogens with one attached hydrogen (secondary N) is 1. The first kappa shape index (κ1) is 10.5. The largest absolute Gasteiger partial charge is 0.335 e. The minimum absolute atomic E-state index is 0.435. The van der Waals surface area contributed by atoms with Gasteiger partial charge in [-0.15, -0.1) is 0 Å². The Balaban J connectivity index is 1.95. The summed E-state index contributed by atoms with van der Waals surface area (Å²) >= 11 is 0. The summed E-state index contributed by atoms with van der Waals surface area (Å²) in [4.78, 5) is 4.16. The molecule has 1 atom stereocenters. The van der Waals surface area contributed by atoms with Crippen LogP contribution in [0.5, 0.6) is 0 Å². The van der Waals surface area contributed by atoms with E-state index in [-0.39, 0.29) is 0 Å². The second-order valence-corrected chi connectivity index (χ2v) is 5.25. The summed E-state index contributed by atoms with van der Waals surface area (Å²) < 4.78 is 5.06. The van der Waals surface area contributed by atoms with Crippen molar-refractivity contribution in [2.45, 2.75) is 52.5 Å². The molecule has 0 aliphatic heterocycles. The Hall–Kier alpha value is -1.06. The molecule has 1 unspecified atom stereocenters. The maximum atomic E-state index is 5.06. The van der Waals surface area contributed by atoms with Gasteiger partial charge in [0.2, 0.25) is 0 Å². The van der Waals surface area contributed by atoms with Crippen LogP contribution in [0.1, 0.15) is 45.4 Å². The lowest BCUT2D eigenvalue weighted by molar-refractivity contribution is 0.227. The average Bonchev–Trinajstić information content (AvgIpc) is 2.49. The first-order valence-corrected chi connectivity index (χ1v) is 5.62. The van der Waals surface area contributed by atoms with Gasteiger partial charge in [0.05, 0.1) is 0 Å². The summed E-state index contributed by atoms with van der Waals surface area (Å²) in [6.07, 6.45) is 4.96. The fourth-order valence-corrected chi connectivity index (χ4v) is 2.35. The van der Waals surface area contributed by atoms with Crippen molar-refractivity contribution in [2.24, 2.45) is 5.41 Å². The van der Waals surface area contributed by atoms with Crippen LogP contribution in [0.2, 0.25) is 0 Å². The van der Waals surface area contributed by atoms with Gasteiger partial charge in [0.1, 0.15) is 0 Å². The number of aromatic nitrogens is 2. The Labute approximate surface area is 90.4 Å². The molecule has 0 radical (unpaired) electrons. The van der Waals surface area contributed by atoms with E-state index in [0.29, 0.717) is 23.3 Å². The zero-order chi connectivity index (χ0) is 10.9. The van der Waals surface area contributed by atoms with Gasteiger partial charge in [-0.3, -0.25) is 0 Å². The molecule has 1 aliphatic carbocycles. The standard InChI is InChI=1S/C11H19N3O/c1-8-12-10(15-14-8)13-9-5-4-6-11(2,3)7-9/h9H,4-7H2,1-3H3,(H,12,13,14). The van der Waals surface area contributed by atoms with Crippen LogP contribution >= 0.6 is 0 Å². The van der Waals surface area contributed by atoms with Gasteiger partial charge in [-0.1, -0.05) is 25.4 Å². The molecule has 1 heterocycles. The molecule has 0 aromatic carbocycles. The number of nitrogens with zero attached hydrogens (tertiary/aromatic N) is 2.